The van der Waals surface area contributed by atoms with Crippen LogP contribution in [0.5, 0.6) is 0 Å². The Morgan fingerprint density at radius 3 is 2.86 bits per heavy atom. The van der Waals surface area contributed by atoms with E-state index in [-0.39, 0.29) is 28.5 Å². The van der Waals surface area contributed by atoms with Gasteiger partial charge in [0.25, 0.3) is 0 Å². The van der Waals surface area contributed by atoms with Crippen LogP contribution in [0.2, 0.25) is 0 Å². The van der Waals surface area contributed by atoms with E-state index in [9.17, 15) is 18.0 Å². The molecule has 0 bridgehead atoms. The smallest absolute Gasteiger partial charge is 0.357 e. The number of sulfone groups is 1. The number of aliphatic carboxylic acids is 1. The molecule has 1 atom stereocenters. The molecule has 0 aromatic rings. The van der Waals surface area contributed by atoms with Crippen LogP contribution in [0, 0.1) is 0 Å². The average Bonchev–Trinajstić information content (AvgIpc) is 2.44. The third kappa shape index (κ3) is 3.27. The van der Waals surface area contributed by atoms with E-state index in [2.05, 4.69) is 4.99 Å². The first-order valence-corrected chi connectivity index (χ1v) is 7.83. The quantitative estimate of drug-likeness (QED) is 0.601. The Bertz CT molecular complexity index is 711. The van der Waals surface area contributed by atoms with Gasteiger partial charge in [0.1, 0.15) is 5.70 Å². The van der Waals surface area contributed by atoms with Gasteiger partial charge >= 0.3 is 11.9 Å². The van der Waals surface area contributed by atoms with Crippen molar-refractivity contribution in [2.45, 2.75) is 19.4 Å². The molecule has 7 nitrogen and oxygen atoms in total. The van der Waals surface area contributed by atoms with Crippen molar-refractivity contribution in [3.8, 4) is 0 Å². The maximum atomic E-state index is 11.8. The number of nitrogens with zero attached hydrogens (tertiary/aromatic N) is 1. The SMILES string of the molecule is CCS(=O)(=O)C1=CC2=N/C(=C/CC(=O)O)C(=O)OC2C=C1. The van der Waals surface area contributed by atoms with Crippen molar-refractivity contribution in [3.63, 3.8) is 0 Å². The molecule has 0 aromatic heterocycles. The van der Waals surface area contributed by atoms with Gasteiger partial charge in [-0.3, -0.25) is 4.79 Å². The lowest BCUT2D eigenvalue weighted by Gasteiger charge is -2.23. The zero-order valence-corrected chi connectivity index (χ0v) is 12.0. The van der Waals surface area contributed by atoms with Crippen LogP contribution in [-0.4, -0.2) is 43.0 Å². The molecule has 0 amide bonds. The van der Waals surface area contributed by atoms with Gasteiger partial charge in [0, 0.05) is 0 Å². The fourth-order valence-corrected chi connectivity index (χ4v) is 2.71. The number of hydrogen-bond donors (Lipinski definition) is 1. The van der Waals surface area contributed by atoms with Crippen molar-refractivity contribution in [3.05, 3.63) is 34.9 Å². The van der Waals surface area contributed by atoms with E-state index in [1.54, 1.807) is 0 Å². The fourth-order valence-electron chi connectivity index (χ4n) is 1.79. The van der Waals surface area contributed by atoms with Crippen LogP contribution in [-0.2, 0) is 24.2 Å². The highest BCUT2D eigenvalue weighted by Crippen LogP contribution is 2.23. The molecule has 0 aromatic carbocycles. The minimum atomic E-state index is -3.39. The van der Waals surface area contributed by atoms with Crippen LogP contribution in [0.1, 0.15) is 13.3 Å². The first-order chi connectivity index (χ1) is 9.83. The number of carbonyl (C=O) groups is 2. The highest BCUT2D eigenvalue weighted by molar-refractivity contribution is 7.95. The van der Waals surface area contributed by atoms with Gasteiger partial charge in [-0.15, -0.1) is 0 Å². The van der Waals surface area contributed by atoms with Crippen LogP contribution in [0.25, 0.3) is 0 Å². The van der Waals surface area contributed by atoms with E-state index in [4.69, 9.17) is 9.84 Å². The Morgan fingerprint density at radius 2 is 2.24 bits per heavy atom. The van der Waals surface area contributed by atoms with E-state index in [0.29, 0.717) is 0 Å². The van der Waals surface area contributed by atoms with Crippen molar-refractivity contribution in [2.24, 2.45) is 4.99 Å². The number of hydrogen-bond acceptors (Lipinski definition) is 6. The molecular formula is C13H13NO6S. The molecule has 1 unspecified atom stereocenters. The second kappa shape index (κ2) is 5.65. The van der Waals surface area contributed by atoms with E-state index in [0.717, 1.165) is 6.08 Å². The summed E-state index contributed by atoms with van der Waals surface area (Å²) in [4.78, 5) is 26.2. The molecule has 0 saturated heterocycles. The molecule has 0 fully saturated rings. The van der Waals surface area contributed by atoms with Crippen LogP contribution in [0.4, 0.5) is 0 Å². The summed E-state index contributed by atoms with van der Waals surface area (Å²) < 4.78 is 28.7. The first kappa shape index (κ1) is 15.2. The molecule has 0 saturated carbocycles. The Balaban J connectivity index is 2.38. The molecule has 112 valence electrons. The van der Waals surface area contributed by atoms with Crippen molar-refractivity contribution in [1.29, 1.82) is 0 Å². The predicted octanol–water partition coefficient (Wildman–Crippen LogP) is 0.600. The van der Waals surface area contributed by atoms with Crippen LogP contribution in [0.15, 0.2) is 39.9 Å². The number of aliphatic imine (C=N–C) groups is 1. The van der Waals surface area contributed by atoms with E-state index < -0.39 is 27.9 Å². The van der Waals surface area contributed by atoms with Gasteiger partial charge in [-0.1, -0.05) is 6.92 Å². The number of allylic oxidation sites excluding steroid dienone is 1. The number of fused-ring (bicyclic) bond motifs is 1. The minimum Gasteiger partial charge on any atom is -0.481 e. The normalized spacial score (nSPS) is 23.2. The molecule has 1 heterocycles. The van der Waals surface area contributed by atoms with E-state index in [1.165, 1.54) is 25.2 Å². The number of carboxylic acid groups (broad SMARTS) is 1. The second-order valence-electron chi connectivity index (χ2n) is 4.36. The number of esters is 1. The van der Waals surface area contributed by atoms with E-state index in [1.807, 2.05) is 0 Å². The summed E-state index contributed by atoms with van der Waals surface area (Å²) in [5, 5.41) is 8.60. The van der Waals surface area contributed by atoms with Gasteiger partial charge in [-0.25, -0.2) is 18.2 Å². The van der Waals surface area contributed by atoms with Crippen LogP contribution < -0.4 is 0 Å². The molecular weight excluding hydrogens is 298 g/mol. The standard InChI is InChI=1S/C13H13NO6S/c1-2-21(18,19)8-3-5-11-10(7-8)14-9(13(17)20-11)4-6-12(15)16/h3-5,7,11H,2,6H2,1H3,(H,15,16)/b9-4+. The number of rotatable bonds is 4. The molecule has 1 N–H and O–H groups in total. The van der Waals surface area contributed by atoms with Gasteiger partial charge < -0.3 is 9.84 Å². The zero-order chi connectivity index (χ0) is 15.6. The molecule has 1 aliphatic heterocycles. The van der Waals surface area contributed by atoms with Gasteiger partial charge in [0.2, 0.25) is 0 Å². The lowest BCUT2D eigenvalue weighted by molar-refractivity contribution is -0.140. The van der Waals surface area contributed by atoms with Crippen molar-refractivity contribution in [1.82, 2.24) is 0 Å². The number of carbonyl (C=O) groups excluding carboxylic acids is 1. The highest BCUT2D eigenvalue weighted by Gasteiger charge is 2.30. The molecule has 0 radical (unpaired) electrons. The zero-order valence-electron chi connectivity index (χ0n) is 11.1. The summed E-state index contributed by atoms with van der Waals surface area (Å²) in [7, 11) is -3.39. The summed E-state index contributed by atoms with van der Waals surface area (Å²) in [6.45, 7) is 1.52. The first-order valence-electron chi connectivity index (χ1n) is 6.17. The number of carboxylic acids is 1. The fraction of sp³-hybridized carbons (Fsp3) is 0.308. The Kier molecular flexibility index (Phi) is 4.08. The largest absolute Gasteiger partial charge is 0.481 e. The molecule has 0 spiro atoms. The predicted molar refractivity (Wildman–Crippen MR) is 74.3 cm³/mol. The summed E-state index contributed by atoms with van der Waals surface area (Å²) in [6, 6.07) is 0. The Hall–Kier alpha value is -2.22. The monoisotopic (exact) mass is 311 g/mol. The third-order valence-corrected chi connectivity index (χ3v) is 4.65. The summed E-state index contributed by atoms with van der Waals surface area (Å²) in [5.74, 6) is -1.89. The summed E-state index contributed by atoms with van der Waals surface area (Å²) in [6.07, 6.45) is 4.18. The van der Waals surface area contributed by atoms with Crippen molar-refractivity contribution >= 4 is 27.5 Å². The van der Waals surface area contributed by atoms with E-state index >= 15 is 0 Å². The topological polar surface area (TPSA) is 110 Å². The molecule has 21 heavy (non-hydrogen) atoms. The molecule has 2 rings (SSSR count). The van der Waals surface area contributed by atoms with Gasteiger partial charge in [-0.2, -0.15) is 0 Å². The molecule has 2 aliphatic rings. The second-order valence-corrected chi connectivity index (χ2v) is 6.64. The van der Waals surface area contributed by atoms with Gasteiger partial charge in [-0.05, 0) is 24.3 Å². The third-order valence-electron chi connectivity index (χ3n) is 2.92. The van der Waals surface area contributed by atoms with Gasteiger partial charge in [0.05, 0.1) is 22.8 Å². The maximum Gasteiger partial charge on any atom is 0.357 e. The summed E-state index contributed by atoms with van der Waals surface area (Å²) >= 11 is 0. The lowest BCUT2D eigenvalue weighted by atomic mass is 10.1. The molecule has 1 aliphatic carbocycles. The van der Waals surface area contributed by atoms with Crippen molar-refractivity contribution in [2.75, 3.05) is 5.75 Å². The minimum absolute atomic E-state index is 0.0530. The average molecular weight is 311 g/mol. The highest BCUT2D eigenvalue weighted by atomic mass is 32.2. The lowest BCUT2D eigenvalue weighted by Crippen LogP contribution is -2.32. The van der Waals surface area contributed by atoms with Crippen LogP contribution in [0.3, 0.4) is 0 Å². The van der Waals surface area contributed by atoms with Gasteiger partial charge in [0.15, 0.2) is 15.9 Å². The Morgan fingerprint density at radius 1 is 1.52 bits per heavy atom. The Labute approximate surface area is 121 Å². The molecule has 8 heteroatoms. The summed E-state index contributed by atoms with van der Waals surface area (Å²) in [5.41, 5.74) is 0.129. The van der Waals surface area contributed by atoms with Crippen molar-refractivity contribution < 1.29 is 27.9 Å². The maximum absolute atomic E-state index is 11.8. The number of ether oxygens (including phenoxy) is 1. The van der Waals surface area contributed by atoms with Crippen LogP contribution >= 0.6 is 0 Å².